The molecule has 4 saturated carbocycles. The molecule has 4 rings (SSSR count). The molecule has 0 bridgehead atoms. The number of rotatable bonds is 0. The summed E-state index contributed by atoms with van der Waals surface area (Å²) < 4.78 is 0. The molecule has 0 saturated heterocycles. The maximum atomic E-state index is 12.5. The van der Waals surface area contributed by atoms with E-state index in [0.29, 0.717) is 24.2 Å². The van der Waals surface area contributed by atoms with E-state index < -0.39 is 6.10 Å². The van der Waals surface area contributed by atoms with Gasteiger partial charge in [-0.05, 0) is 61.7 Å². The number of alkyl halides is 1. The van der Waals surface area contributed by atoms with Crippen molar-refractivity contribution in [2.45, 2.75) is 76.4 Å². The molecule has 3 nitrogen and oxygen atoms in total. The molecule has 0 aliphatic heterocycles. The Kier molecular flexibility index (Phi) is 3.69. The highest BCUT2D eigenvalue weighted by molar-refractivity contribution is 6.21. The molecule has 23 heavy (non-hydrogen) atoms. The van der Waals surface area contributed by atoms with Gasteiger partial charge in [-0.25, -0.2) is 0 Å². The fourth-order valence-corrected chi connectivity index (χ4v) is 7.64. The number of ketones is 1. The predicted molar refractivity (Wildman–Crippen MR) is 89.2 cm³/mol. The molecule has 0 aromatic carbocycles. The van der Waals surface area contributed by atoms with Crippen LogP contribution >= 0.6 is 11.6 Å². The third-order valence-electron chi connectivity index (χ3n) is 8.37. The zero-order valence-electron chi connectivity index (χ0n) is 14.2. The number of carbonyl (C=O) groups is 1. The van der Waals surface area contributed by atoms with E-state index in [1.807, 2.05) is 0 Å². The van der Waals surface area contributed by atoms with Gasteiger partial charge in [0, 0.05) is 17.8 Å². The fraction of sp³-hybridized carbons (Fsp3) is 0.947. The van der Waals surface area contributed by atoms with Crippen molar-refractivity contribution in [1.29, 1.82) is 0 Å². The van der Waals surface area contributed by atoms with Crippen molar-refractivity contribution in [2.24, 2.45) is 34.5 Å². The van der Waals surface area contributed by atoms with Gasteiger partial charge in [-0.15, -0.1) is 11.6 Å². The maximum absolute atomic E-state index is 12.5. The molecular formula is C19H29ClO3. The minimum Gasteiger partial charge on any atom is -0.392 e. The number of aliphatic hydroxyl groups is 2. The van der Waals surface area contributed by atoms with Crippen LogP contribution in [0.2, 0.25) is 0 Å². The molecule has 0 spiro atoms. The smallest absolute Gasteiger partial charge is 0.141 e. The highest BCUT2D eigenvalue weighted by Crippen LogP contribution is 2.65. The monoisotopic (exact) mass is 340 g/mol. The summed E-state index contributed by atoms with van der Waals surface area (Å²) in [6, 6.07) is 0. The van der Waals surface area contributed by atoms with Gasteiger partial charge < -0.3 is 10.2 Å². The summed E-state index contributed by atoms with van der Waals surface area (Å²) in [5.74, 6) is 1.75. The van der Waals surface area contributed by atoms with E-state index in [1.165, 1.54) is 0 Å². The van der Waals surface area contributed by atoms with Crippen molar-refractivity contribution in [1.82, 2.24) is 0 Å². The van der Waals surface area contributed by atoms with Crippen LogP contribution in [0.15, 0.2) is 0 Å². The predicted octanol–water partition coefficient (Wildman–Crippen LogP) is 3.15. The van der Waals surface area contributed by atoms with Crippen LogP contribution in [0.1, 0.15) is 58.8 Å². The zero-order valence-corrected chi connectivity index (χ0v) is 14.9. The van der Waals surface area contributed by atoms with Crippen LogP contribution in [0.3, 0.4) is 0 Å². The van der Waals surface area contributed by atoms with E-state index >= 15 is 0 Å². The van der Waals surface area contributed by atoms with Crippen LogP contribution in [0.25, 0.3) is 0 Å². The second-order valence-corrected chi connectivity index (χ2v) is 9.69. The van der Waals surface area contributed by atoms with Crippen molar-refractivity contribution in [3.05, 3.63) is 0 Å². The molecule has 130 valence electrons. The SMILES string of the molecule is C[C@]12CCC(O)C(Cl)C1CC[C@@H]1[C@H]2CC[C@]2(C)C(=O)CC(O)[C@@H]12. The van der Waals surface area contributed by atoms with Crippen LogP contribution in [0, 0.1) is 34.5 Å². The Labute approximate surface area is 143 Å². The van der Waals surface area contributed by atoms with E-state index in [0.717, 1.165) is 38.5 Å². The van der Waals surface area contributed by atoms with Gasteiger partial charge in [0.2, 0.25) is 0 Å². The summed E-state index contributed by atoms with van der Waals surface area (Å²) in [4.78, 5) is 12.5. The van der Waals surface area contributed by atoms with Crippen LogP contribution in [-0.4, -0.2) is 33.6 Å². The molecular weight excluding hydrogens is 312 g/mol. The number of Topliss-reactive ketones (excluding diaryl/α,β-unsaturated/α-hetero) is 1. The Morgan fingerprint density at radius 3 is 2.48 bits per heavy atom. The van der Waals surface area contributed by atoms with Gasteiger partial charge in [-0.1, -0.05) is 13.8 Å². The molecule has 0 heterocycles. The molecule has 4 aliphatic carbocycles. The van der Waals surface area contributed by atoms with Crippen molar-refractivity contribution in [2.75, 3.05) is 0 Å². The van der Waals surface area contributed by atoms with Crippen LogP contribution < -0.4 is 0 Å². The molecule has 0 aromatic heterocycles. The number of fused-ring (bicyclic) bond motifs is 5. The molecule has 0 radical (unpaired) electrons. The second kappa shape index (κ2) is 5.19. The summed E-state index contributed by atoms with van der Waals surface area (Å²) >= 11 is 6.60. The first-order valence-corrected chi connectivity index (χ1v) is 9.76. The molecule has 2 N–H and O–H groups in total. The summed E-state index contributed by atoms with van der Waals surface area (Å²) in [6.45, 7) is 4.46. The Morgan fingerprint density at radius 2 is 1.74 bits per heavy atom. The van der Waals surface area contributed by atoms with E-state index in [9.17, 15) is 15.0 Å². The van der Waals surface area contributed by atoms with Crippen molar-refractivity contribution < 1.29 is 15.0 Å². The maximum Gasteiger partial charge on any atom is 0.141 e. The topological polar surface area (TPSA) is 57.5 Å². The molecule has 4 aliphatic rings. The molecule has 0 aromatic rings. The van der Waals surface area contributed by atoms with Gasteiger partial charge in [-0.3, -0.25) is 4.79 Å². The summed E-state index contributed by atoms with van der Waals surface area (Å²) in [5.41, 5.74) is -0.153. The lowest BCUT2D eigenvalue weighted by Gasteiger charge is -2.61. The normalized spacial score (nSPS) is 59.2. The summed E-state index contributed by atoms with van der Waals surface area (Å²) in [5, 5.41) is 20.6. The molecule has 4 unspecified atom stereocenters. The standard InChI is InChI=1S/C19H29ClO3/c1-18-8-6-13(21)17(20)12(18)4-3-10-11(18)5-7-19(2)15(23)9-14(22)16(10)19/h10-14,16-17,21-22H,3-9H2,1-2H3/t10-,11-,12?,13?,14?,16-,17?,18-,19-/m1/s1. The first-order valence-electron chi connectivity index (χ1n) is 9.32. The number of hydrogen-bond donors (Lipinski definition) is 2. The van der Waals surface area contributed by atoms with Crippen LogP contribution in [-0.2, 0) is 4.79 Å². The Bertz CT molecular complexity index is 523. The number of aliphatic hydroxyl groups excluding tert-OH is 2. The Balaban J connectivity index is 1.68. The quantitative estimate of drug-likeness (QED) is 0.666. The largest absolute Gasteiger partial charge is 0.392 e. The van der Waals surface area contributed by atoms with Gasteiger partial charge in [0.15, 0.2) is 0 Å². The zero-order chi connectivity index (χ0) is 16.6. The summed E-state index contributed by atoms with van der Waals surface area (Å²) in [7, 11) is 0. The van der Waals surface area contributed by atoms with Gasteiger partial charge in [0.05, 0.1) is 17.6 Å². The number of hydrogen-bond acceptors (Lipinski definition) is 3. The average molecular weight is 341 g/mol. The first-order chi connectivity index (χ1) is 10.8. The van der Waals surface area contributed by atoms with Gasteiger partial charge in [-0.2, -0.15) is 0 Å². The highest BCUT2D eigenvalue weighted by Gasteiger charge is 2.63. The van der Waals surface area contributed by atoms with Gasteiger partial charge >= 0.3 is 0 Å². The van der Waals surface area contributed by atoms with Gasteiger partial charge in [0.1, 0.15) is 5.78 Å². The third kappa shape index (κ3) is 2.05. The van der Waals surface area contributed by atoms with Gasteiger partial charge in [0.25, 0.3) is 0 Å². The van der Waals surface area contributed by atoms with Crippen molar-refractivity contribution in [3.63, 3.8) is 0 Å². The second-order valence-electron chi connectivity index (χ2n) is 9.19. The lowest BCUT2D eigenvalue weighted by atomic mass is 9.45. The van der Waals surface area contributed by atoms with E-state index in [-0.39, 0.29) is 34.0 Å². The summed E-state index contributed by atoms with van der Waals surface area (Å²) in [6.07, 6.45) is 5.38. The van der Waals surface area contributed by atoms with Crippen LogP contribution in [0.4, 0.5) is 0 Å². The Morgan fingerprint density at radius 1 is 1.00 bits per heavy atom. The fourth-order valence-electron chi connectivity index (χ4n) is 7.10. The third-order valence-corrected chi connectivity index (χ3v) is 8.97. The van der Waals surface area contributed by atoms with E-state index in [1.54, 1.807) is 0 Å². The van der Waals surface area contributed by atoms with E-state index in [2.05, 4.69) is 13.8 Å². The minimum absolute atomic E-state index is 0.132. The number of carbonyl (C=O) groups excluding carboxylic acids is 1. The van der Waals surface area contributed by atoms with Crippen LogP contribution in [0.5, 0.6) is 0 Å². The molecule has 0 amide bonds. The minimum atomic E-state index is -0.457. The number of halogens is 1. The molecule has 4 heteroatoms. The molecule has 4 fully saturated rings. The molecule has 9 atom stereocenters. The lowest BCUT2D eigenvalue weighted by molar-refractivity contribution is -0.147. The van der Waals surface area contributed by atoms with Crippen molar-refractivity contribution >= 4 is 17.4 Å². The Hall–Kier alpha value is -0.120. The van der Waals surface area contributed by atoms with E-state index in [4.69, 9.17) is 11.6 Å². The first kappa shape index (κ1) is 16.4. The average Bonchev–Trinajstić information content (AvgIpc) is 2.73. The lowest BCUT2D eigenvalue weighted by Crippen LogP contribution is -2.58. The van der Waals surface area contributed by atoms with Crippen molar-refractivity contribution in [3.8, 4) is 0 Å². The highest BCUT2D eigenvalue weighted by atomic mass is 35.5.